The molecule has 82 valence electrons. The highest BCUT2D eigenvalue weighted by atomic mass is 14.9. The molecule has 1 rings (SSSR count). The molecule has 0 saturated carbocycles. The van der Waals surface area contributed by atoms with Crippen molar-refractivity contribution in [3.8, 4) is 0 Å². The van der Waals surface area contributed by atoms with Crippen molar-refractivity contribution in [3.05, 3.63) is 48.0 Å². The second-order valence-corrected chi connectivity index (χ2v) is 4.22. The van der Waals surface area contributed by atoms with Crippen LogP contribution in [-0.2, 0) is 0 Å². The molecule has 1 aromatic carbocycles. The van der Waals surface area contributed by atoms with E-state index in [1.54, 1.807) is 0 Å². The van der Waals surface area contributed by atoms with E-state index in [9.17, 15) is 0 Å². The van der Waals surface area contributed by atoms with Gasteiger partial charge in [0.2, 0.25) is 0 Å². The van der Waals surface area contributed by atoms with Gasteiger partial charge in [0.25, 0.3) is 0 Å². The van der Waals surface area contributed by atoms with E-state index in [2.05, 4.69) is 56.9 Å². The fourth-order valence-electron chi connectivity index (χ4n) is 1.70. The minimum absolute atomic E-state index is 0.403. The van der Waals surface area contributed by atoms with E-state index in [0.717, 1.165) is 6.42 Å². The minimum atomic E-state index is 0.403. The first kappa shape index (κ1) is 12.0. The Bertz CT molecular complexity index is 300. The van der Waals surface area contributed by atoms with Crippen LogP contribution in [0.3, 0.4) is 0 Å². The number of nitrogens with one attached hydrogen (secondary N) is 1. The van der Waals surface area contributed by atoms with Crippen molar-refractivity contribution in [2.45, 2.75) is 39.3 Å². The van der Waals surface area contributed by atoms with Crippen molar-refractivity contribution < 1.29 is 0 Å². The topological polar surface area (TPSA) is 12.0 Å². The Morgan fingerprint density at radius 2 is 1.87 bits per heavy atom. The number of benzene rings is 1. The Morgan fingerprint density at radius 3 is 2.40 bits per heavy atom. The summed E-state index contributed by atoms with van der Waals surface area (Å²) in [5.41, 5.74) is 2.65. The van der Waals surface area contributed by atoms with Gasteiger partial charge in [0.15, 0.2) is 0 Å². The lowest BCUT2D eigenvalue weighted by Gasteiger charge is -2.19. The molecule has 0 heterocycles. The maximum absolute atomic E-state index is 3.75. The summed E-state index contributed by atoms with van der Waals surface area (Å²) in [5.74, 6) is 0. The maximum Gasteiger partial charge on any atom is 0.0294 e. The van der Waals surface area contributed by atoms with E-state index in [1.165, 1.54) is 11.1 Å². The molecule has 0 spiro atoms. The predicted molar refractivity (Wildman–Crippen MR) is 67.0 cm³/mol. The van der Waals surface area contributed by atoms with Crippen LogP contribution < -0.4 is 5.32 Å². The van der Waals surface area contributed by atoms with Gasteiger partial charge in [0.05, 0.1) is 0 Å². The Hall–Kier alpha value is -1.08. The van der Waals surface area contributed by atoms with E-state index in [1.807, 2.05) is 6.08 Å². The minimum Gasteiger partial charge on any atom is -0.307 e. The molecule has 0 aliphatic rings. The summed E-state index contributed by atoms with van der Waals surface area (Å²) in [6.07, 6.45) is 2.97. The van der Waals surface area contributed by atoms with Crippen molar-refractivity contribution in [1.82, 2.24) is 5.32 Å². The van der Waals surface area contributed by atoms with Gasteiger partial charge in [-0.25, -0.2) is 0 Å². The predicted octanol–water partition coefficient (Wildman–Crippen LogP) is 3.61. The summed E-state index contributed by atoms with van der Waals surface area (Å²) < 4.78 is 0. The van der Waals surface area contributed by atoms with Crippen molar-refractivity contribution in [3.63, 3.8) is 0 Å². The van der Waals surface area contributed by atoms with Crippen LogP contribution in [0, 0.1) is 6.92 Å². The number of rotatable bonds is 5. The second kappa shape index (κ2) is 5.72. The normalized spacial score (nSPS) is 14.6. The lowest BCUT2D eigenvalue weighted by molar-refractivity contribution is 0.482. The molecule has 0 aromatic heterocycles. The summed E-state index contributed by atoms with van der Waals surface area (Å²) in [6.45, 7) is 10.3. The first-order valence-corrected chi connectivity index (χ1v) is 5.57. The molecule has 0 saturated heterocycles. The molecule has 0 fully saturated rings. The summed E-state index contributed by atoms with van der Waals surface area (Å²) in [7, 11) is 0. The summed E-state index contributed by atoms with van der Waals surface area (Å²) >= 11 is 0. The van der Waals surface area contributed by atoms with E-state index >= 15 is 0 Å². The molecule has 1 nitrogen and oxygen atoms in total. The zero-order valence-corrected chi connectivity index (χ0v) is 9.96. The van der Waals surface area contributed by atoms with Gasteiger partial charge in [-0.05, 0) is 32.8 Å². The lowest BCUT2D eigenvalue weighted by Crippen LogP contribution is -2.28. The molecule has 0 aliphatic heterocycles. The van der Waals surface area contributed by atoms with Gasteiger partial charge in [-0.2, -0.15) is 0 Å². The van der Waals surface area contributed by atoms with E-state index in [4.69, 9.17) is 0 Å². The van der Waals surface area contributed by atoms with Crippen molar-refractivity contribution >= 4 is 0 Å². The second-order valence-electron chi connectivity index (χ2n) is 4.22. The lowest BCUT2D eigenvalue weighted by atomic mass is 10.1. The van der Waals surface area contributed by atoms with Crippen molar-refractivity contribution in [2.24, 2.45) is 0 Å². The van der Waals surface area contributed by atoms with E-state index in [0.29, 0.717) is 12.1 Å². The third-order valence-corrected chi connectivity index (χ3v) is 2.63. The average Bonchev–Trinajstić information content (AvgIpc) is 2.18. The van der Waals surface area contributed by atoms with Gasteiger partial charge >= 0.3 is 0 Å². The van der Waals surface area contributed by atoms with Crippen molar-refractivity contribution in [1.29, 1.82) is 0 Å². The number of hydrogen-bond acceptors (Lipinski definition) is 1. The fourth-order valence-corrected chi connectivity index (χ4v) is 1.70. The zero-order valence-electron chi connectivity index (χ0n) is 9.96. The zero-order chi connectivity index (χ0) is 11.3. The van der Waals surface area contributed by atoms with Crippen molar-refractivity contribution in [2.75, 3.05) is 0 Å². The van der Waals surface area contributed by atoms with Crippen LogP contribution in [0.25, 0.3) is 0 Å². The Balaban J connectivity index is 2.56. The quantitative estimate of drug-likeness (QED) is 0.721. The third kappa shape index (κ3) is 3.88. The van der Waals surface area contributed by atoms with Crippen LogP contribution in [0.15, 0.2) is 36.9 Å². The van der Waals surface area contributed by atoms with Crippen LogP contribution in [0.1, 0.15) is 37.4 Å². The monoisotopic (exact) mass is 203 g/mol. The van der Waals surface area contributed by atoms with Gasteiger partial charge in [0.1, 0.15) is 0 Å². The smallest absolute Gasteiger partial charge is 0.0294 e. The summed E-state index contributed by atoms with van der Waals surface area (Å²) in [5, 5.41) is 3.55. The Morgan fingerprint density at radius 1 is 1.27 bits per heavy atom. The van der Waals surface area contributed by atoms with Crippen LogP contribution in [0.4, 0.5) is 0 Å². The number of hydrogen-bond donors (Lipinski definition) is 1. The molecule has 2 unspecified atom stereocenters. The van der Waals surface area contributed by atoms with Gasteiger partial charge in [-0.3, -0.25) is 0 Å². The molecule has 15 heavy (non-hydrogen) atoms. The summed E-state index contributed by atoms with van der Waals surface area (Å²) in [6, 6.07) is 9.58. The van der Waals surface area contributed by atoms with E-state index in [-0.39, 0.29) is 0 Å². The molecule has 0 amide bonds. The molecule has 1 heteroatoms. The highest BCUT2D eigenvalue weighted by Crippen LogP contribution is 2.14. The SMILES string of the molecule is C=CCC(C)NC(C)c1ccc(C)cc1. The highest BCUT2D eigenvalue weighted by Gasteiger charge is 2.07. The molecule has 0 radical (unpaired) electrons. The largest absolute Gasteiger partial charge is 0.307 e. The Labute approximate surface area is 93.2 Å². The van der Waals surface area contributed by atoms with Gasteiger partial charge in [-0.15, -0.1) is 6.58 Å². The van der Waals surface area contributed by atoms with Gasteiger partial charge in [-0.1, -0.05) is 35.9 Å². The Kier molecular flexibility index (Phi) is 4.57. The first-order valence-electron chi connectivity index (χ1n) is 5.57. The maximum atomic E-state index is 3.75. The third-order valence-electron chi connectivity index (χ3n) is 2.63. The molecule has 1 aromatic rings. The van der Waals surface area contributed by atoms with Crippen LogP contribution in [-0.4, -0.2) is 6.04 Å². The molecular formula is C14H21N. The van der Waals surface area contributed by atoms with Gasteiger partial charge < -0.3 is 5.32 Å². The molecule has 2 atom stereocenters. The van der Waals surface area contributed by atoms with Gasteiger partial charge in [0, 0.05) is 12.1 Å². The highest BCUT2D eigenvalue weighted by molar-refractivity contribution is 5.23. The first-order chi connectivity index (χ1) is 7.13. The number of aryl methyl sites for hydroxylation is 1. The van der Waals surface area contributed by atoms with Crippen LogP contribution in [0.5, 0.6) is 0 Å². The average molecular weight is 203 g/mol. The van der Waals surface area contributed by atoms with E-state index < -0.39 is 0 Å². The molecule has 0 bridgehead atoms. The molecule has 1 N–H and O–H groups in total. The molecule has 0 aliphatic carbocycles. The molecular weight excluding hydrogens is 182 g/mol. The standard InChI is InChI=1S/C14H21N/c1-5-6-12(3)15-13(4)14-9-7-11(2)8-10-14/h5,7-10,12-13,15H,1,6H2,2-4H3. The fraction of sp³-hybridized carbons (Fsp3) is 0.429. The van der Waals surface area contributed by atoms with Crippen LogP contribution >= 0.6 is 0 Å². The van der Waals surface area contributed by atoms with Crippen LogP contribution in [0.2, 0.25) is 0 Å². The summed E-state index contributed by atoms with van der Waals surface area (Å²) in [4.78, 5) is 0.